The lowest BCUT2D eigenvalue weighted by Crippen LogP contribution is -2.40. The van der Waals surface area contributed by atoms with Gasteiger partial charge in [-0.3, -0.25) is 4.90 Å². The van der Waals surface area contributed by atoms with E-state index in [2.05, 4.69) is 70.7 Å². The number of hydrogen-bond donors (Lipinski definition) is 2. The highest BCUT2D eigenvalue weighted by molar-refractivity contribution is 5.77. The fourth-order valence-corrected chi connectivity index (χ4v) is 3.33. The van der Waals surface area contributed by atoms with Gasteiger partial charge in [-0.25, -0.2) is 4.99 Å². The Bertz CT molecular complexity index is 732. The highest BCUT2D eigenvalue weighted by Gasteiger charge is 2.16. The molecule has 1 saturated heterocycles. The molecule has 3 N–H and O–H groups in total. The Morgan fingerprint density at radius 1 is 1.15 bits per heavy atom. The van der Waals surface area contributed by atoms with Gasteiger partial charge in [-0.15, -0.1) is 0 Å². The van der Waals surface area contributed by atoms with Gasteiger partial charge in [0.1, 0.15) is 0 Å². The second kappa shape index (κ2) is 10.1. The number of rotatable bonds is 7. The molecule has 27 heavy (non-hydrogen) atoms. The Balaban J connectivity index is 1.46. The van der Waals surface area contributed by atoms with E-state index in [0.717, 1.165) is 39.2 Å². The lowest BCUT2D eigenvalue weighted by atomic mass is 10.1. The standard InChI is InChI=1S/C22H30N4O/c1-18-16-26(12-13-27-18)17-21-9-5-8-20(14-21)15-25-22(23)24-11-10-19-6-3-2-4-7-19/h2-9,14,18H,10-13,15-17H2,1H3,(H3,23,24,25). The van der Waals surface area contributed by atoms with Gasteiger partial charge in [0, 0.05) is 26.2 Å². The highest BCUT2D eigenvalue weighted by atomic mass is 16.5. The van der Waals surface area contributed by atoms with Gasteiger partial charge < -0.3 is 15.8 Å². The minimum atomic E-state index is 0.313. The van der Waals surface area contributed by atoms with Crippen molar-refractivity contribution in [2.45, 2.75) is 32.5 Å². The minimum absolute atomic E-state index is 0.313. The molecule has 1 heterocycles. The van der Waals surface area contributed by atoms with Crippen molar-refractivity contribution in [2.75, 3.05) is 26.2 Å². The summed E-state index contributed by atoms with van der Waals surface area (Å²) < 4.78 is 5.61. The quantitative estimate of drug-likeness (QED) is 0.584. The van der Waals surface area contributed by atoms with E-state index >= 15 is 0 Å². The molecular weight excluding hydrogens is 336 g/mol. The SMILES string of the molecule is CC1CN(Cc2cccc(CN=C(N)NCCc3ccccc3)c2)CCO1. The van der Waals surface area contributed by atoms with E-state index in [1.807, 2.05) is 6.07 Å². The molecule has 3 rings (SSSR count). The fourth-order valence-electron chi connectivity index (χ4n) is 3.33. The number of nitrogens with zero attached hydrogens (tertiary/aromatic N) is 2. The second-order valence-corrected chi connectivity index (χ2v) is 7.10. The van der Waals surface area contributed by atoms with Crippen LogP contribution in [0.4, 0.5) is 0 Å². The molecule has 0 radical (unpaired) electrons. The third-order valence-electron chi connectivity index (χ3n) is 4.72. The maximum absolute atomic E-state index is 6.01. The van der Waals surface area contributed by atoms with Gasteiger partial charge in [0.2, 0.25) is 0 Å². The average Bonchev–Trinajstić information content (AvgIpc) is 2.68. The van der Waals surface area contributed by atoms with Crippen LogP contribution in [0.5, 0.6) is 0 Å². The molecule has 1 aliphatic rings. The van der Waals surface area contributed by atoms with Crippen molar-refractivity contribution < 1.29 is 4.74 Å². The van der Waals surface area contributed by atoms with Crippen LogP contribution < -0.4 is 11.1 Å². The normalized spacial score (nSPS) is 18.4. The summed E-state index contributed by atoms with van der Waals surface area (Å²) in [5.74, 6) is 0.498. The number of guanidine groups is 1. The third-order valence-corrected chi connectivity index (χ3v) is 4.72. The summed E-state index contributed by atoms with van der Waals surface area (Å²) >= 11 is 0. The van der Waals surface area contributed by atoms with Crippen molar-refractivity contribution >= 4 is 5.96 Å². The van der Waals surface area contributed by atoms with E-state index in [1.165, 1.54) is 16.7 Å². The summed E-state index contributed by atoms with van der Waals surface area (Å²) in [6.07, 6.45) is 1.25. The zero-order valence-corrected chi connectivity index (χ0v) is 16.1. The molecular formula is C22H30N4O. The van der Waals surface area contributed by atoms with Crippen LogP contribution in [0.1, 0.15) is 23.6 Å². The largest absolute Gasteiger partial charge is 0.376 e. The molecule has 5 heteroatoms. The van der Waals surface area contributed by atoms with Gasteiger partial charge >= 0.3 is 0 Å². The topological polar surface area (TPSA) is 62.9 Å². The van der Waals surface area contributed by atoms with Crippen LogP contribution in [0.3, 0.4) is 0 Å². The number of benzene rings is 2. The maximum Gasteiger partial charge on any atom is 0.188 e. The van der Waals surface area contributed by atoms with E-state index in [1.54, 1.807) is 0 Å². The van der Waals surface area contributed by atoms with Crippen LogP contribution >= 0.6 is 0 Å². The zero-order chi connectivity index (χ0) is 18.9. The van der Waals surface area contributed by atoms with E-state index in [0.29, 0.717) is 18.6 Å². The summed E-state index contributed by atoms with van der Waals surface area (Å²) in [4.78, 5) is 6.92. The molecule has 1 aliphatic heterocycles. The summed E-state index contributed by atoms with van der Waals surface area (Å²) in [5.41, 5.74) is 9.79. The van der Waals surface area contributed by atoms with Crippen LogP contribution in [0.15, 0.2) is 59.6 Å². The van der Waals surface area contributed by atoms with Crippen LogP contribution in [0.2, 0.25) is 0 Å². The molecule has 0 aromatic heterocycles. The molecule has 0 spiro atoms. The van der Waals surface area contributed by atoms with Crippen LogP contribution in [-0.4, -0.2) is 43.2 Å². The van der Waals surface area contributed by atoms with Gasteiger partial charge in [0.05, 0.1) is 19.3 Å². The van der Waals surface area contributed by atoms with Crippen LogP contribution in [0, 0.1) is 0 Å². The number of morpholine rings is 1. The van der Waals surface area contributed by atoms with Gasteiger partial charge in [-0.2, -0.15) is 0 Å². The van der Waals surface area contributed by atoms with E-state index in [-0.39, 0.29) is 0 Å². The first-order valence-corrected chi connectivity index (χ1v) is 9.68. The predicted octanol–water partition coefficient (Wildman–Crippen LogP) is 2.55. The van der Waals surface area contributed by atoms with Crippen molar-refractivity contribution in [2.24, 2.45) is 10.7 Å². The predicted molar refractivity (Wildman–Crippen MR) is 111 cm³/mol. The van der Waals surface area contributed by atoms with Gasteiger partial charge in [0.25, 0.3) is 0 Å². The molecule has 2 aromatic rings. The highest BCUT2D eigenvalue weighted by Crippen LogP contribution is 2.12. The molecule has 0 aliphatic carbocycles. The Morgan fingerprint density at radius 2 is 1.93 bits per heavy atom. The molecule has 1 fully saturated rings. The number of hydrogen-bond acceptors (Lipinski definition) is 3. The first kappa shape index (κ1) is 19.4. The smallest absolute Gasteiger partial charge is 0.188 e. The van der Waals surface area contributed by atoms with E-state index in [9.17, 15) is 0 Å². The van der Waals surface area contributed by atoms with Crippen molar-refractivity contribution in [3.8, 4) is 0 Å². The number of aliphatic imine (C=N–C) groups is 1. The summed E-state index contributed by atoms with van der Waals surface area (Å²) in [6.45, 7) is 7.26. The molecule has 0 bridgehead atoms. The molecule has 0 saturated carbocycles. The minimum Gasteiger partial charge on any atom is -0.376 e. The fraction of sp³-hybridized carbons (Fsp3) is 0.409. The average molecular weight is 367 g/mol. The summed E-state index contributed by atoms with van der Waals surface area (Å²) in [7, 11) is 0. The van der Waals surface area contributed by atoms with Crippen LogP contribution in [-0.2, 0) is 24.2 Å². The van der Waals surface area contributed by atoms with Gasteiger partial charge in [0.15, 0.2) is 5.96 Å². The Kier molecular flexibility index (Phi) is 7.25. The number of nitrogens with one attached hydrogen (secondary N) is 1. The zero-order valence-electron chi connectivity index (χ0n) is 16.1. The van der Waals surface area contributed by atoms with Crippen molar-refractivity contribution in [3.63, 3.8) is 0 Å². The van der Waals surface area contributed by atoms with E-state index in [4.69, 9.17) is 10.5 Å². The van der Waals surface area contributed by atoms with Crippen molar-refractivity contribution in [1.82, 2.24) is 10.2 Å². The second-order valence-electron chi connectivity index (χ2n) is 7.10. The third kappa shape index (κ3) is 6.70. The molecule has 5 nitrogen and oxygen atoms in total. The molecule has 1 unspecified atom stereocenters. The first-order chi connectivity index (χ1) is 13.2. The molecule has 144 valence electrons. The monoisotopic (exact) mass is 366 g/mol. The van der Waals surface area contributed by atoms with Crippen molar-refractivity contribution in [3.05, 3.63) is 71.3 Å². The lowest BCUT2D eigenvalue weighted by Gasteiger charge is -2.31. The number of ether oxygens (including phenoxy) is 1. The van der Waals surface area contributed by atoms with Gasteiger partial charge in [-0.05, 0) is 30.0 Å². The summed E-state index contributed by atoms with van der Waals surface area (Å²) in [6, 6.07) is 19.0. The molecule has 2 aromatic carbocycles. The number of nitrogens with two attached hydrogens (primary N) is 1. The first-order valence-electron chi connectivity index (χ1n) is 9.68. The molecule has 0 amide bonds. The van der Waals surface area contributed by atoms with Crippen LogP contribution in [0.25, 0.3) is 0 Å². The lowest BCUT2D eigenvalue weighted by molar-refractivity contribution is -0.0212. The Morgan fingerprint density at radius 3 is 2.74 bits per heavy atom. The summed E-state index contributed by atoms with van der Waals surface area (Å²) in [5, 5.41) is 3.19. The maximum atomic E-state index is 6.01. The van der Waals surface area contributed by atoms with Crippen molar-refractivity contribution in [1.29, 1.82) is 0 Å². The Hall–Kier alpha value is -2.37. The van der Waals surface area contributed by atoms with E-state index < -0.39 is 0 Å². The van der Waals surface area contributed by atoms with Gasteiger partial charge in [-0.1, -0.05) is 54.6 Å². The Labute approximate surface area is 162 Å². The molecule has 1 atom stereocenters.